The summed E-state index contributed by atoms with van der Waals surface area (Å²) in [5.41, 5.74) is 0. The molecule has 0 aliphatic carbocycles. The fraction of sp³-hybridized carbons (Fsp3) is 0.889. The summed E-state index contributed by atoms with van der Waals surface area (Å²) in [6, 6.07) is -0.350. The molecule has 1 amide bonds. The number of fused-ring (bicyclic) bond motifs is 1. The second-order valence-corrected chi connectivity index (χ2v) is 4.20. The molecule has 2 heterocycles. The van der Waals surface area contributed by atoms with Gasteiger partial charge in [-0.15, -0.1) is 0 Å². The molecule has 0 spiro atoms. The van der Waals surface area contributed by atoms with E-state index in [1.54, 1.807) is 0 Å². The maximum atomic E-state index is 12.9. The minimum atomic E-state index is -4.56. The number of halogens is 4. The number of nitrogens with zero attached hydrogens (tertiary/aromatic N) is 1. The van der Waals surface area contributed by atoms with Crippen LogP contribution < -0.4 is 5.32 Å². The van der Waals surface area contributed by atoms with Gasteiger partial charge in [-0.25, -0.2) is 8.78 Å². The molecule has 0 radical (unpaired) electrons. The van der Waals surface area contributed by atoms with Crippen molar-refractivity contribution in [2.24, 2.45) is 5.92 Å². The molecule has 0 aromatic carbocycles. The number of carbonyl (C=O) groups is 1. The predicted octanol–water partition coefficient (Wildman–Crippen LogP) is 0.707. The fourth-order valence-corrected chi connectivity index (χ4v) is 2.39. The minimum Gasteiger partial charge on any atom is -0.333 e. The van der Waals surface area contributed by atoms with E-state index in [1.807, 2.05) is 0 Å². The lowest BCUT2D eigenvalue weighted by molar-refractivity contribution is -0.181. The van der Waals surface area contributed by atoms with E-state index >= 15 is 0 Å². The lowest BCUT2D eigenvalue weighted by atomic mass is 10.1. The molecule has 0 saturated carbocycles. The van der Waals surface area contributed by atoms with Gasteiger partial charge in [0.25, 0.3) is 5.91 Å². The number of alkyl halides is 4. The van der Waals surface area contributed by atoms with Crippen LogP contribution in [0.3, 0.4) is 0 Å². The summed E-state index contributed by atoms with van der Waals surface area (Å²) in [7, 11) is 0. The normalized spacial score (nSPS) is 29.9. The third-order valence-corrected chi connectivity index (χ3v) is 3.27. The van der Waals surface area contributed by atoms with E-state index in [0.717, 1.165) is 4.90 Å². The van der Waals surface area contributed by atoms with Gasteiger partial charge in [0, 0.05) is 25.7 Å². The van der Waals surface area contributed by atoms with E-state index < -0.39 is 18.3 Å². The minimum absolute atomic E-state index is 0.123. The van der Waals surface area contributed by atoms with Crippen LogP contribution in [0.4, 0.5) is 17.6 Å². The smallest absolute Gasteiger partial charge is 0.333 e. The third-order valence-electron chi connectivity index (χ3n) is 3.27. The lowest BCUT2D eigenvalue weighted by Crippen LogP contribution is -2.50. The Bertz CT molecular complexity index is 297. The molecule has 2 saturated heterocycles. The Labute approximate surface area is 89.8 Å². The van der Waals surface area contributed by atoms with Gasteiger partial charge in [0.2, 0.25) is 0 Å². The van der Waals surface area contributed by atoms with Crippen LogP contribution in [0.1, 0.15) is 6.42 Å². The van der Waals surface area contributed by atoms with Gasteiger partial charge < -0.3 is 10.2 Å². The van der Waals surface area contributed by atoms with E-state index in [-0.39, 0.29) is 18.5 Å². The number of likely N-dealkylation sites (tertiary alicyclic amines) is 1. The SMILES string of the molecule is O=C(N1CC[C@H]2CNC[C@H]21)C(F)(F)C(F)F. The van der Waals surface area contributed by atoms with Crippen LogP contribution in [0.2, 0.25) is 0 Å². The van der Waals surface area contributed by atoms with Gasteiger partial charge in [-0.1, -0.05) is 0 Å². The van der Waals surface area contributed by atoms with E-state index in [2.05, 4.69) is 5.32 Å². The Balaban J connectivity index is 2.11. The van der Waals surface area contributed by atoms with Crippen LogP contribution >= 0.6 is 0 Å². The first-order valence-corrected chi connectivity index (χ1v) is 5.12. The molecule has 16 heavy (non-hydrogen) atoms. The van der Waals surface area contributed by atoms with Gasteiger partial charge >= 0.3 is 12.3 Å². The Morgan fingerprint density at radius 2 is 2.06 bits per heavy atom. The highest BCUT2D eigenvalue weighted by Gasteiger charge is 2.54. The largest absolute Gasteiger partial charge is 0.383 e. The zero-order chi connectivity index (χ0) is 11.9. The first-order valence-electron chi connectivity index (χ1n) is 5.12. The zero-order valence-electron chi connectivity index (χ0n) is 8.43. The number of hydrogen-bond donors (Lipinski definition) is 1. The average molecular weight is 240 g/mol. The van der Waals surface area contributed by atoms with Crippen LogP contribution in [-0.4, -0.2) is 48.8 Å². The zero-order valence-corrected chi connectivity index (χ0v) is 8.43. The molecular formula is C9H12F4N2O. The van der Waals surface area contributed by atoms with Crippen molar-refractivity contribution in [1.29, 1.82) is 0 Å². The first-order chi connectivity index (χ1) is 7.44. The Kier molecular flexibility index (Phi) is 2.81. The molecule has 2 fully saturated rings. The molecule has 0 unspecified atom stereocenters. The van der Waals surface area contributed by atoms with Crippen LogP contribution in [0, 0.1) is 5.92 Å². The molecule has 0 aromatic heterocycles. The molecule has 92 valence electrons. The van der Waals surface area contributed by atoms with E-state index in [0.29, 0.717) is 19.5 Å². The number of carbonyl (C=O) groups excluding carboxylic acids is 1. The molecule has 7 heteroatoms. The van der Waals surface area contributed by atoms with Gasteiger partial charge in [-0.2, -0.15) is 8.78 Å². The first kappa shape index (κ1) is 11.6. The Morgan fingerprint density at radius 3 is 2.69 bits per heavy atom. The summed E-state index contributed by atoms with van der Waals surface area (Å²) < 4.78 is 49.9. The Morgan fingerprint density at radius 1 is 1.38 bits per heavy atom. The molecule has 0 aromatic rings. The van der Waals surface area contributed by atoms with Gasteiger partial charge in [0.1, 0.15) is 0 Å². The van der Waals surface area contributed by atoms with Gasteiger partial charge in [-0.05, 0) is 12.3 Å². The van der Waals surface area contributed by atoms with E-state index in [1.165, 1.54) is 0 Å². The molecule has 1 N–H and O–H groups in total. The van der Waals surface area contributed by atoms with Crippen LogP contribution in [0.15, 0.2) is 0 Å². The van der Waals surface area contributed by atoms with Gasteiger partial charge in [0.05, 0.1) is 0 Å². The molecule has 2 atom stereocenters. The highest BCUT2D eigenvalue weighted by atomic mass is 19.3. The van der Waals surface area contributed by atoms with Crippen molar-refractivity contribution in [3.05, 3.63) is 0 Å². The molecule has 2 rings (SSSR count). The van der Waals surface area contributed by atoms with Crippen LogP contribution in [0.25, 0.3) is 0 Å². The second kappa shape index (κ2) is 3.87. The van der Waals surface area contributed by atoms with Crippen molar-refractivity contribution in [3.8, 4) is 0 Å². The monoisotopic (exact) mass is 240 g/mol. The number of rotatable bonds is 2. The molecule has 3 nitrogen and oxygen atoms in total. The third kappa shape index (κ3) is 1.66. The summed E-state index contributed by atoms with van der Waals surface area (Å²) in [6.45, 7) is 1.22. The molecular weight excluding hydrogens is 228 g/mol. The summed E-state index contributed by atoms with van der Waals surface area (Å²) in [5, 5.41) is 2.96. The van der Waals surface area contributed by atoms with Crippen LogP contribution in [-0.2, 0) is 4.79 Å². The van der Waals surface area contributed by atoms with Crippen molar-refractivity contribution < 1.29 is 22.4 Å². The lowest BCUT2D eigenvalue weighted by Gasteiger charge is -2.27. The number of hydrogen-bond acceptors (Lipinski definition) is 2. The molecule has 2 aliphatic rings. The topological polar surface area (TPSA) is 32.3 Å². The summed E-state index contributed by atoms with van der Waals surface area (Å²) in [4.78, 5) is 12.2. The van der Waals surface area contributed by atoms with Crippen molar-refractivity contribution >= 4 is 5.91 Å². The van der Waals surface area contributed by atoms with Gasteiger partial charge in [-0.3, -0.25) is 4.79 Å². The quantitative estimate of drug-likeness (QED) is 0.721. The summed E-state index contributed by atoms with van der Waals surface area (Å²) in [5.74, 6) is -6.17. The fourth-order valence-electron chi connectivity index (χ4n) is 2.39. The molecule has 2 aliphatic heterocycles. The van der Waals surface area contributed by atoms with Crippen LogP contribution in [0.5, 0.6) is 0 Å². The molecule has 0 bridgehead atoms. The van der Waals surface area contributed by atoms with E-state index in [9.17, 15) is 22.4 Å². The predicted molar refractivity (Wildman–Crippen MR) is 47.4 cm³/mol. The van der Waals surface area contributed by atoms with Gasteiger partial charge in [0.15, 0.2) is 0 Å². The van der Waals surface area contributed by atoms with Crippen molar-refractivity contribution in [3.63, 3.8) is 0 Å². The Hall–Kier alpha value is -0.850. The van der Waals surface area contributed by atoms with Crippen molar-refractivity contribution in [1.82, 2.24) is 10.2 Å². The second-order valence-electron chi connectivity index (χ2n) is 4.20. The standard InChI is InChI=1S/C9H12F4N2O/c10-7(11)9(12,13)8(16)15-2-1-5-3-14-4-6(5)15/h5-7,14H,1-4H2/t5-,6+/m0/s1. The summed E-state index contributed by atoms with van der Waals surface area (Å²) in [6.07, 6.45) is -3.34. The summed E-state index contributed by atoms with van der Waals surface area (Å²) >= 11 is 0. The number of amides is 1. The number of nitrogens with one attached hydrogen (secondary N) is 1. The highest BCUT2D eigenvalue weighted by Crippen LogP contribution is 2.33. The average Bonchev–Trinajstić information content (AvgIpc) is 2.76. The van der Waals surface area contributed by atoms with Crippen molar-refractivity contribution in [2.75, 3.05) is 19.6 Å². The highest BCUT2D eigenvalue weighted by molar-refractivity contribution is 5.84. The van der Waals surface area contributed by atoms with E-state index in [4.69, 9.17) is 0 Å². The van der Waals surface area contributed by atoms with Crippen molar-refractivity contribution in [2.45, 2.75) is 24.8 Å². The maximum absolute atomic E-state index is 12.9. The maximum Gasteiger partial charge on any atom is 0.383 e.